The summed E-state index contributed by atoms with van der Waals surface area (Å²) >= 11 is 5.65. The van der Waals surface area contributed by atoms with Gasteiger partial charge in [-0.25, -0.2) is 13.1 Å². The molecule has 6 heteroatoms. The van der Waals surface area contributed by atoms with E-state index in [9.17, 15) is 8.42 Å². The van der Waals surface area contributed by atoms with Crippen molar-refractivity contribution in [3.8, 4) is 0 Å². The highest BCUT2D eigenvalue weighted by atomic mass is 35.5. The van der Waals surface area contributed by atoms with E-state index in [0.29, 0.717) is 6.61 Å². The van der Waals surface area contributed by atoms with E-state index in [1.165, 1.54) is 7.11 Å². The molecule has 15 heavy (non-hydrogen) atoms. The third kappa shape index (κ3) is 3.90. The van der Waals surface area contributed by atoms with Crippen molar-refractivity contribution in [1.29, 1.82) is 0 Å². The minimum atomic E-state index is -3.21. The fraction of sp³-hybridized carbons (Fsp3) is 1.00. The molecule has 0 spiro atoms. The van der Waals surface area contributed by atoms with E-state index in [2.05, 4.69) is 4.72 Å². The number of hydrogen-bond donors (Lipinski definition) is 1. The summed E-state index contributed by atoms with van der Waals surface area (Å²) in [4.78, 5) is 0. The monoisotopic (exact) mass is 255 g/mol. The fourth-order valence-electron chi connectivity index (χ4n) is 1.84. The number of hydrogen-bond acceptors (Lipinski definition) is 3. The van der Waals surface area contributed by atoms with Gasteiger partial charge in [0, 0.05) is 13.0 Å². The maximum Gasteiger partial charge on any atom is 0.214 e. The maximum absolute atomic E-state index is 11.9. The molecular weight excluding hydrogens is 238 g/mol. The Balaban J connectivity index is 2.53. The van der Waals surface area contributed by atoms with Crippen LogP contribution in [0.1, 0.15) is 25.7 Å². The zero-order valence-electron chi connectivity index (χ0n) is 8.91. The Morgan fingerprint density at radius 1 is 1.47 bits per heavy atom. The summed E-state index contributed by atoms with van der Waals surface area (Å²) < 4.78 is 31.2. The zero-order valence-corrected chi connectivity index (χ0v) is 10.5. The van der Waals surface area contributed by atoms with Gasteiger partial charge in [-0.3, -0.25) is 0 Å². The van der Waals surface area contributed by atoms with Crippen LogP contribution >= 0.6 is 11.6 Å². The van der Waals surface area contributed by atoms with Crippen molar-refractivity contribution >= 4 is 21.6 Å². The molecule has 1 aliphatic rings. The van der Waals surface area contributed by atoms with Gasteiger partial charge in [-0.15, -0.1) is 11.6 Å². The van der Waals surface area contributed by atoms with Crippen LogP contribution in [0.3, 0.4) is 0 Å². The first-order valence-corrected chi connectivity index (χ1v) is 7.24. The Hall–Kier alpha value is 0.160. The molecule has 0 bridgehead atoms. The van der Waals surface area contributed by atoms with Crippen LogP contribution in [0.15, 0.2) is 0 Å². The van der Waals surface area contributed by atoms with E-state index >= 15 is 0 Å². The van der Waals surface area contributed by atoms with Gasteiger partial charge in [0.15, 0.2) is 0 Å². The zero-order chi connectivity index (χ0) is 11.3. The smallest absolute Gasteiger partial charge is 0.214 e. The summed E-state index contributed by atoms with van der Waals surface area (Å²) in [6.45, 7) is 0.315. The van der Waals surface area contributed by atoms with Crippen molar-refractivity contribution < 1.29 is 13.2 Å². The van der Waals surface area contributed by atoms with Crippen molar-refractivity contribution in [3.05, 3.63) is 0 Å². The highest BCUT2D eigenvalue weighted by Crippen LogP contribution is 2.24. The molecule has 0 amide bonds. The molecule has 0 saturated heterocycles. The highest BCUT2D eigenvalue weighted by Gasteiger charge is 2.30. The lowest BCUT2D eigenvalue weighted by Crippen LogP contribution is -2.43. The number of alkyl halides is 1. The summed E-state index contributed by atoms with van der Waals surface area (Å²) in [6, 6.07) is -0.317. The number of halogens is 1. The number of ether oxygens (including phenoxy) is 1. The number of nitrogens with one attached hydrogen (secondary N) is 1. The molecule has 1 saturated carbocycles. The average Bonchev–Trinajstić information content (AvgIpc) is 2.70. The summed E-state index contributed by atoms with van der Waals surface area (Å²) in [5, 5.41) is -0.236. The molecule has 4 nitrogen and oxygen atoms in total. The Kier molecular flexibility index (Phi) is 5.32. The van der Waals surface area contributed by atoms with Crippen molar-refractivity contribution in [2.45, 2.75) is 37.0 Å². The summed E-state index contributed by atoms with van der Waals surface area (Å²) in [7, 11) is -1.68. The van der Waals surface area contributed by atoms with Crippen molar-refractivity contribution in [3.63, 3.8) is 0 Å². The third-order valence-corrected chi connectivity index (χ3v) is 5.01. The molecule has 1 N–H and O–H groups in total. The minimum Gasteiger partial charge on any atom is -0.383 e. The average molecular weight is 256 g/mol. The van der Waals surface area contributed by atoms with E-state index in [-0.39, 0.29) is 17.2 Å². The standard InChI is InChI=1S/C9H18ClNO3S/c1-14-7-8(6-10)11-15(12,13)9-4-2-3-5-9/h8-9,11H,2-7H2,1H3. The number of rotatable bonds is 6. The van der Waals surface area contributed by atoms with Crippen LogP contribution in [0.25, 0.3) is 0 Å². The molecule has 1 unspecified atom stereocenters. The van der Waals surface area contributed by atoms with Gasteiger partial charge >= 0.3 is 0 Å². The molecule has 1 fully saturated rings. The molecule has 1 aliphatic carbocycles. The predicted octanol–water partition coefficient (Wildman–Crippen LogP) is 1.10. The maximum atomic E-state index is 11.9. The van der Waals surface area contributed by atoms with Gasteiger partial charge in [0.1, 0.15) is 0 Å². The Bertz CT molecular complexity index is 275. The molecule has 90 valence electrons. The van der Waals surface area contributed by atoms with Gasteiger partial charge in [0.05, 0.1) is 17.9 Å². The van der Waals surface area contributed by atoms with E-state index in [1.54, 1.807) is 0 Å². The van der Waals surface area contributed by atoms with E-state index in [4.69, 9.17) is 16.3 Å². The second-order valence-electron chi connectivity index (χ2n) is 3.88. The first-order valence-electron chi connectivity index (χ1n) is 5.16. The van der Waals surface area contributed by atoms with Crippen LogP contribution < -0.4 is 4.72 Å². The molecular formula is C9H18ClNO3S. The molecule has 0 aromatic rings. The SMILES string of the molecule is COCC(CCl)NS(=O)(=O)C1CCCC1. The molecule has 0 radical (unpaired) electrons. The van der Waals surface area contributed by atoms with Crippen molar-refractivity contribution in [1.82, 2.24) is 4.72 Å². The Morgan fingerprint density at radius 2 is 2.07 bits per heavy atom. The molecule has 1 rings (SSSR count). The molecule has 0 aliphatic heterocycles. The van der Waals surface area contributed by atoms with E-state index in [0.717, 1.165) is 25.7 Å². The topological polar surface area (TPSA) is 55.4 Å². The number of methoxy groups -OCH3 is 1. The molecule has 0 heterocycles. The largest absolute Gasteiger partial charge is 0.383 e. The molecule has 0 aromatic carbocycles. The summed E-state index contributed by atoms with van der Waals surface area (Å²) in [5.41, 5.74) is 0. The first kappa shape index (κ1) is 13.2. The van der Waals surface area contributed by atoms with Crippen LogP contribution in [-0.2, 0) is 14.8 Å². The van der Waals surface area contributed by atoms with Crippen LogP contribution in [0.4, 0.5) is 0 Å². The van der Waals surface area contributed by atoms with Crippen molar-refractivity contribution in [2.24, 2.45) is 0 Å². The molecule has 0 aromatic heterocycles. The van der Waals surface area contributed by atoms with Crippen LogP contribution in [0.5, 0.6) is 0 Å². The van der Waals surface area contributed by atoms with E-state index in [1.807, 2.05) is 0 Å². The Labute approximate surface area is 96.4 Å². The van der Waals surface area contributed by atoms with Crippen LogP contribution in [0, 0.1) is 0 Å². The van der Waals surface area contributed by atoms with Gasteiger partial charge in [-0.05, 0) is 12.8 Å². The van der Waals surface area contributed by atoms with Gasteiger partial charge in [-0.1, -0.05) is 12.8 Å². The predicted molar refractivity (Wildman–Crippen MR) is 60.7 cm³/mol. The van der Waals surface area contributed by atoms with Crippen LogP contribution in [-0.4, -0.2) is 39.3 Å². The quantitative estimate of drug-likeness (QED) is 0.724. The second-order valence-corrected chi connectivity index (χ2v) is 6.18. The highest BCUT2D eigenvalue weighted by molar-refractivity contribution is 7.90. The van der Waals surface area contributed by atoms with Crippen molar-refractivity contribution in [2.75, 3.05) is 19.6 Å². The van der Waals surface area contributed by atoms with Crippen LogP contribution in [0.2, 0.25) is 0 Å². The lowest BCUT2D eigenvalue weighted by atomic mass is 10.4. The fourth-order valence-corrected chi connectivity index (χ4v) is 3.86. The second kappa shape index (κ2) is 6.03. The third-order valence-electron chi connectivity index (χ3n) is 2.63. The summed E-state index contributed by atoms with van der Waals surface area (Å²) in [6.07, 6.45) is 3.53. The van der Waals surface area contributed by atoms with Gasteiger partial charge < -0.3 is 4.74 Å². The number of sulfonamides is 1. The van der Waals surface area contributed by atoms with Gasteiger partial charge in [0.2, 0.25) is 10.0 Å². The summed E-state index contributed by atoms with van der Waals surface area (Å²) in [5.74, 6) is 0.236. The normalized spacial score (nSPS) is 20.7. The lowest BCUT2D eigenvalue weighted by Gasteiger charge is -2.18. The van der Waals surface area contributed by atoms with E-state index < -0.39 is 10.0 Å². The molecule has 1 atom stereocenters. The lowest BCUT2D eigenvalue weighted by molar-refractivity contribution is 0.181. The first-order chi connectivity index (χ1) is 7.10. The Morgan fingerprint density at radius 3 is 2.53 bits per heavy atom. The minimum absolute atomic E-state index is 0.236. The van der Waals surface area contributed by atoms with Gasteiger partial charge in [-0.2, -0.15) is 0 Å². The van der Waals surface area contributed by atoms with Gasteiger partial charge in [0.25, 0.3) is 0 Å².